The molecule has 5 heteroatoms. The lowest BCUT2D eigenvalue weighted by Gasteiger charge is -2.10. The van der Waals surface area contributed by atoms with Crippen LogP contribution in [-0.2, 0) is 12.8 Å². The molecule has 0 spiro atoms. The Kier molecular flexibility index (Phi) is 4.36. The van der Waals surface area contributed by atoms with Crippen LogP contribution in [-0.4, -0.2) is 16.1 Å². The lowest BCUT2D eigenvalue weighted by molar-refractivity contribution is 0.0689. The Bertz CT molecular complexity index is 1060. The minimum Gasteiger partial charge on any atom is -0.477 e. The number of aromatic amines is 1. The fourth-order valence-corrected chi connectivity index (χ4v) is 3.03. The number of aromatic carboxylic acids is 1. The summed E-state index contributed by atoms with van der Waals surface area (Å²) in [4.78, 5) is 27.0. The lowest BCUT2D eigenvalue weighted by atomic mass is 9.97. The molecule has 0 fully saturated rings. The van der Waals surface area contributed by atoms with E-state index in [2.05, 4.69) is 11.1 Å². The van der Waals surface area contributed by atoms with Crippen molar-refractivity contribution in [3.63, 3.8) is 0 Å². The van der Waals surface area contributed by atoms with Gasteiger partial charge >= 0.3 is 5.97 Å². The molecule has 0 amide bonds. The number of pyridine rings is 1. The maximum Gasteiger partial charge on any atom is 0.352 e. The van der Waals surface area contributed by atoms with Gasteiger partial charge in [0, 0.05) is 10.9 Å². The summed E-state index contributed by atoms with van der Waals surface area (Å²) in [6.45, 7) is 1.74. The highest BCUT2D eigenvalue weighted by Gasteiger charge is 2.18. The second kappa shape index (κ2) is 6.62. The number of nitrogens with zero attached hydrogens (tertiary/aromatic N) is 1. The predicted molar refractivity (Wildman–Crippen MR) is 94.9 cm³/mol. The largest absolute Gasteiger partial charge is 0.477 e. The number of rotatable bonds is 4. The molecule has 3 aromatic rings. The number of carbonyl (C=O) groups is 1. The molecule has 1 heterocycles. The molecular weight excluding hydrogens is 316 g/mol. The summed E-state index contributed by atoms with van der Waals surface area (Å²) in [6.07, 6.45) is 0.894. The highest BCUT2D eigenvalue weighted by molar-refractivity contribution is 5.93. The Morgan fingerprint density at radius 3 is 2.52 bits per heavy atom. The van der Waals surface area contributed by atoms with Crippen LogP contribution in [0.2, 0.25) is 0 Å². The molecular formula is C20H16N2O3. The van der Waals surface area contributed by atoms with Crippen molar-refractivity contribution >= 4 is 16.9 Å². The summed E-state index contributed by atoms with van der Waals surface area (Å²) < 4.78 is 0. The third kappa shape index (κ3) is 3.02. The fourth-order valence-electron chi connectivity index (χ4n) is 3.03. The van der Waals surface area contributed by atoms with Gasteiger partial charge in [-0.05, 0) is 36.1 Å². The van der Waals surface area contributed by atoms with Gasteiger partial charge in [-0.1, -0.05) is 37.3 Å². The normalized spacial score (nSPS) is 10.6. The van der Waals surface area contributed by atoms with E-state index in [9.17, 15) is 20.0 Å². The zero-order valence-electron chi connectivity index (χ0n) is 13.7. The van der Waals surface area contributed by atoms with Gasteiger partial charge in [0.1, 0.15) is 11.8 Å². The van der Waals surface area contributed by atoms with Crippen LogP contribution in [0.15, 0.2) is 47.3 Å². The second-order valence-electron chi connectivity index (χ2n) is 5.81. The number of carboxylic acids is 1. The summed E-state index contributed by atoms with van der Waals surface area (Å²) in [6, 6.07) is 15.3. The Labute approximate surface area is 144 Å². The third-order valence-electron chi connectivity index (χ3n) is 4.21. The molecule has 0 saturated carbocycles. The summed E-state index contributed by atoms with van der Waals surface area (Å²) in [5, 5.41) is 19.1. The van der Waals surface area contributed by atoms with Crippen LogP contribution in [0.25, 0.3) is 10.9 Å². The Balaban J connectivity index is 2.27. The van der Waals surface area contributed by atoms with Gasteiger partial charge in [0.15, 0.2) is 5.43 Å². The molecule has 0 aliphatic rings. The van der Waals surface area contributed by atoms with Gasteiger partial charge in [-0.3, -0.25) is 4.79 Å². The number of H-pyrrole nitrogens is 1. The molecule has 25 heavy (non-hydrogen) atoms. The van der Waals surface area contributed by atoms with Crippen molar-refractivity contribution in [2.75, 3.05) is 0 Å². The van der Waals surface area contributed by atoms with Crippen molar-refractivity contribution in [3.8, 4) is 6.07 Å². The van der Waals surface area contributed by atoms with E-state index in [0.29, 0.717) is 18.2 Å². The molecule has 0 aliphatic heterocycles. The van der Waals surface area contributed by atoms with E-state index >= 15 is 0 Å². The van der Waals surface area contributed by atoms with Crippen molar-refractivity contribution in [1.29, 1.82) is 5.26 Å². The molecule has 0 aliphatic carbocycles. The van der Waals surface area contributed by atoms with Crippen LogP contribution in [0.3, 0.4) is 0 Å². The van der Waals surface area contributed by atoms with Crippen LogP contribution in [0.4, 0.5) is 0 Å². The van der Waals surface area contributed by atoms with Gasteiger partial charge in [-0.15, -0.1) is 0 Å². The van der Waals surface area contributed by atoms with E-state index in [0.717, 1.165) is 11.1 Å². The van der Waals surface area contributed by atoms with Gasteiger partial charge in [-0.25, -0.2) is 4.79 Å². The maximum atomic E-state index is 12.8. The van der Waals surface area contributed by atoms with Crippen molar-refractivity contribution in [2.24, 2.45) is 0 Å². The number of nitriles is 1. The molecule has 1 aromatic heterocycles. The van der Waals surface area contributed by atoms with E-state index in [4.69, 9.17) is 0 Å². The summed E-state index contributed by atoms with van der Waals surface area (Å²) in [5.41, 5.74) is 2.20. The Morgan fingerprint density at radius 2 is 1.92 bits per heavy atom. The van der Waals surface area contributed by atoms with Gasteiger partial charge in [-0.2, -0.15) is 5.26 Å². The highest BCUT2D eigenvalue weighted by Crippen LogP contribution is 2.21. The van der Waals surface area contributed by atoms with Crippen molar-refractivity contribution in [3.05, 3.63) is 80.6 Å². The molecule has 2 aromatic carbocycles. The Morgan fingerprint density at radius 1 is 1.20 bits per heavy atom. The molecule has 0 saturated heterocycles. The maximum absolute atomic E-state index is 12.8. The average Bonchev–Trinajstić information content (AvgIpc) is 2.62. The van der Waals surface area contributed by atoms with Gasteiger partial charge in [0.05, 0.1) is 11.1 Å². The van der Waals surface area contributed by atoms with Crippen LogP contribution < -0.4 is 5.43 Å². The quantitative estimate of drug-likeness (QED) is 0.767. The summed E-state index contributed by atoms with van der Waals surface area (Å²) in [7, 11) is 0. The summed E-state index contributed by atoms with van der Waals surface area (Å²) in [5.74, 6) is -1.20. The SMILES string of the molecule is CCc1c(C(=O)O)[nH]c2c(C#N)cc(Cc3ccccc3)cc2c1=O. The lowest BCUT2D eigenvalue weighted by Crippen LogP contribution is -2.18. The van der Waals surface area contributed by atoms with Crippen molar-refractivity contribution in [2.45, 2.75) is 19.8 Å². The molecule has 5 nitrogen and oxygen atoms in total. The van der Waals surface area contributed by atoms with E-state index in [1.807, 2.05) is 30.3 Å². The number of fused-ring (bicyclic) bond motifs is 1. The van der Waals surface area contributed by atoms with E-state index in [1.54, 1.807) is 19.1 Å². The monoisotopic (exact) mass is 332 g/mol. The zero-order valence-corrected chi connectivity index (χ0v) is 13.7. The second-order valence-corrected chi connectivity index (χ2v) is 5.81. The molecule has 0 unspecified atom stereocenters. The number of nitrogens with one attached hydrogen (secondary N) is 1. The molecule has 0 bridgehead atoms. The van der Waals surface area contributed by atoms with Gasteiger partial charge in [0.2, 0.25) is 0 Å². The van der Waals surface area contributed by atoms with Crippen molar-refractivity contribution in [1.82, 2.24) is 4.98 Å². The van der Waals surface area contributed by atoms with Gasteiger partial charge < -0.3 is 10.1 Å². The minimum absolute atomic E-state index is 0.146. The smallest absolute Gasteiger partial charge is 0.352 e. The Hall–Kier alpha value is -3.39. The van der Waals surface area contributed by atoms with Crippen LogP contribution in [0.1, 0.15) is 39.7 Å². The third-order valence-corrected chi connectivity index (χ3v) is 4.21. The number of aromatic nitrogens is 1. The van der Waals surface area contributed by atoms with E-state index in [-0.39, 0.29) is 27.8 Å². The minimum atomic E-state index is -1.20. The molecule has 0 atom stereocenters. The number of hydrogen-bond acceptors (Lipinski definition) is 3. The van der Waals surface area contributed by atoms with Crippen LogP contribution >= 0.6 is 0 Å². The van der Waals surface area contributed by atoms with Crippen LogP contribution in [0.5, 0.6) is 0 Å². The first kappa shape index (κ1) is 16.5. The standard InChI is InChI=1S/C20H16N2O3/c1-2-15-18(20(24)25)22-17-14(11-21)9-13(10-16(17)19(15)23)8-12-6-4-3-5-7-12/h3-7,9-10H,2,8H2,1H3,(H,22,23)(H,24,25). The first-order valence-corrected chi connectivity index (χ1v) is 7.94. The topological polar surface area (TPSA) is 93.9 Å². The predicted octanol–water partition coefficient (Wildman–Crippen LogP) is 3.25. The highest BCUT2D eigenvalue weighted by atomic mass is 16.4. The number of benzene rings is 2. The molecule has 0 radical (unpaired) electrons. The molecule has 124 valence electrons. The van der Waals surface area contributed by atoms with Gasteiger partial charge in [0.25, 0.3) is 0 Å². The van der Waals surface area contributed by atoms with E-state index < -0.39 is 5.97 Å². The number of hydrogen-bond donors (Lipinski definition) is 2. The van der Waals surface area contributed by atoms with E-state index in [1.165, 1.54) is 0 Å². The molecule has 2 N–H and O–H groups in total. The van der Waals surface area contributed by atoms with Crippen molar-refractivity contribution < 1.29 is 9.90 Å². The first-order valence-electron chi connectivity index (χ1n) is 7.94. The summed E-state index contributed by atoms with van der Waals surface area (Å²) >= 11 is 0. The fraction of sp³-hybridized carbons (Fsp3) is 0.150. The number of carboxylic acid groups (broad SMARTS) is 1. The first-order chi connectivity index (χ1) is 12.0. The molecule has 3 rings (SSSR count). The van der Waals surface area contributed by atoms with Crippen LogP contribution in [0, 0.1) is 11.3 Å². The average molecular weight is 332 g/mol. The zero-order chi connectivity index (χ0) is 18.0.